The van der Waals surface area contributed by atoms with Crippen molar-refractivity contribution in [1.82, 2.24) is 9.62 Å². The van der Waals surface area contributed by atoms with Gasteiger partial charge in [0, 0.05) is 13.1 Å². The minimum Gasteiger partial charge on any atom is -0.494 e. The van der Waals surface area contributed by atoms with Crippen LogP contribution in [-0.4, -0.2) is 38.3 Å². The second-order valence-corrected chi connectivity index (χ2v) is 9.98. The number of piperidine rings is 1. The predicted octanol–water partition coefficient (Wildman–Crippen LogP) is 3.42. The molecule has 2 aromatic rings. The lowest BCUT2D eigenvalue weighted by atomic mass is 9.98. The van der Waals surface area contributed by atoms with Gasteiger partial charge in [0.05, 0.1) is 18.6 Å². The average molecular weight is 423 g/mol. The molecule has 3 rings (SSSR count). The zero-order chi connectivity index (χ0) is 20.1. The van der Waals surface area contributed by atoms with E-state index in [0.717, 1.165) is 11.3 Å². The molecule has 1 fully saturated rings. The maximum Gasteiger partial charge on any atom is 0.252 e. The number of nitrogens with one attached hydrogen (secondary N) is 1. The number of carbonyl (C=O) groups excluding carboxylic acids is 1. The molecule has 6 nitrogen and oxygen atoms in total. The molecule has 152 valence electrons. The second-order valence-electron chi connectivity index (χ2n) is 6.87. The van der Waals surface area contributed by atoms with Crippen molar-refractivity contribution in [3.63, 3.8) is 0 Å². The first-order valence-corrected chi connectivity index (χ1v) is 11.8. The van der Waals surface area contributed by atoms with Gasteiger partial charge in [0.25, 0.3) is 10.0 Å². The highest BCUT2D eigenvalue weighted by Crippen LogP contribution is 2.27. The van der Waals surface area contributed by atoms with Crippen molar-refractivity contribution >= 4 is 27.3 Å². The van der Waals surface area contributed by atoms with E-state index in [1.165, 1.54) is 15.6 Å². The standard InChI is InChI=1S/C20H26N2O4S2/c1-3-26-18-10-8-16(9-11-18)15(2)21-20(23)17-6-4-12-22(14-17)28(24,25)19-7-5-13-27-19/h5,7-11,13,15,17H,3-4,6,12,14H2,1-2H3,(H,21,23)/t15-,17-/m0/s1. The molecule has 1 saturated heterocycles. The lowest BCUT2D eigenvalue weighted by Gasteiger charge is -2.31. The molecule has 1 aromatic heterocycles. The van der Waals surface area contributed by atoms with Crippen LogP contribution in [0.5, 0.6) is 5.75 Å². The normalized spacial score (nSPS) is 19.1. The third-order valence-corrected chi connectivity index (χ3v) is 8.13. The van der Waals surface area contributed by atoms with E-state index >= 15 is 0 Å². The molecule has 8 heteroatoms. The van der Waals surface area contributed by atoms with Gasteiger partial charge in [-0.1, -0.05) is 18.2 Å². The highest BCUT2D eigenvalue weighted by Gasteiger charge is 2.34. The number of ether oxygens (including phenoxy) is 1. The van der Waals surface area contributed by atoms with Gasteiger partial charge in [-0.25, -0.2) is 8.42 Å². The molecule has 1 amide bonds. The topological polar surface area (TPSA) is 75.7 Å². The van der Waals surface area contributed by atoms with Crippen molar-refractivity contribution in [3.05, 3.63) is 47.3 Å². The summed E-state index contributed by atoms with van der Waals surface area (Å²) in [7, 11) is -3.52. The molecule has 2 atom stereocenters. The van der Waals surface area contributed by atoms with Crippen LogP contribution in [0.4, 0.5) is 0 Å². The Morgan fingerprint density at radius 1 is 1.32 bits per heavy atom. The van der Waals surface area contributed by atoms with Gasteiger partial charge in [-0.2, -0.15) is 4.31 Å². The molecule has 1 aliphatic rings. The van der Waals surface area contributed by atoms with Gasteiger partial charge in [0.2, 0.25) is 5.91 Å². The van der Waals surface area contributed by atoms with Crippen molar-refractivity contribution in [2.24, 2.45) is 5.92 Å². The SMILES string of the molecule is CCOc1ccc([C@H](C)NC(=O)[C@H]2CCCN(S(=O)(=O)c3cccs3)C2)cc1. The summed E-state index contributed by atoms with van der Waals surface area (Å²) < 4.78 is 32.7. The maximum absolute atomic E-state index is 12.8. The highest BCUT2D eigenvalue weighted by molar-refractivity contribution is 7.91. The first-order chi connectivity index (χ1) is 13.4. The average Bonchev–Trinajstić information content (AvgIpc) is 3.24. The number of carbonyl (C=O) groups is 1. The Bertz CT molecular complexity index is 879. The fraction of sp³-hybridized carbons (Fsp3) is 0.450. The third kappa shape index (κ3) is 4.74. The number of hydrogen-bond donors (Lipinski definition) is 1. The van der Waals surface area contributed by atoms with Gasteiger partial charge >= 0.3 is 0 Å². The number of rotatable bonds is 7. The maximum atomic E-state index is 12.8. The summed E-state index contributed by atoms with van der Waals surface area (Å²) in [6, 6.07) is 10.8. The number of amides is 1. The van der Waals surface area contributed by atoms with E-state index in [2.05, 4.69) is 5.32 Å². The van der Waals surface area contributed by atoms with E-state index in [0.29, 0.717) is 30.2 Å². The zero-order valence-corrected chi connectivity index (χ0v) is 17.8. The number of sulfonamides is 1. The molecule has 28 heavy (non-hydrogen) atoms. The van der Waals surface area contributed by atoms with Crippen LogP contribution >= 0.6 is 11.3 Å². The van der Waals surface area contributed by atoms with Crippen molar-refractivity contribution in [1.29, 1.82) is 0 Å². The van der Waals surface area contributed by atoms with Gasteiger partial charge < -0.3 is 10.1 Å². The minimum absolute atomic E-state index is 0.104. The quantitative estimate of drug-likeness (QED) is 0.742. The van der Waals surface area contributed by atoms with Crippen LogP contribution in [0.25, 0.3) is 0 Å². The second kappa shape index (κ2) is 9.07. The van der Waals surface area contributed by atoms with E-state index < -0.39 is 10.0 Å². The van der Waals surface area contributed by atoms with E-state index in [4.69, 9.17) is 4.74 Å². The molecule has 0 saturated carbocycles. The molecule has 0 bridgehead atoms. The summed E-state index contributed by atoms with van der Waals surface area (Å²) in [5, 5.41) is 4.78. The summed E-state index contributed by atoms with van der Waals surface area (Å²) in [4.78, 5) is 12.8. The Morgan fingerprint density at radius 3 is 2.71 bits per heavy atom. The summed E-state index contributed by atoms with van der Waals surface area (Å²) in [5.41, 5.74) is 0.982. The van der Waals surface area contributed by atoms with Crippen LogP contribution in [-0.2, 0) is 14.8 Å². The van der Waals surface area contributed by atoms with Gasteiger partial charge in [-0.15, -0.1) is 11.3 Å². The summed E-state index contributed by atoms with van der Waals surface area (Å²) >= 11 is 1.21. The Hall–Kier alpha value is -1.90. The summed E-state index contributed by atoms with van der Waals surface area (Å²) in [6.45, 7) is 5.15. The third-order valence-electron chi connectivity index (χ3n) is 4.89. The van der Waals surface area contributed by atoms with Crippen molar-refractivity contribution in [2.45, 2.75) is 36.9 Å². The number of benzene rings is 1. The Labute approximate surface area is 170 Å². The van der Waals surface area contributed by atoms with Gasteiger partial charge in [0.15, 0.2) is 0 Å². The van der Waals surface area contributed by atoms with Crippen molar-refractivity contribution < 1.29 is 17.9 Å². The number of hydrogen-bond acceptors (Lipinski definition) is 5. The largest absolute Gasteiger partial charge is 0.494 e. The van der Waals surface area contributed by atoms with Crippen LogP contribution in [0, 0.1) is 5.92 Å². The van der Waals surface area contributed by atoms with Crippen LogP contribution in [0.3, 0.4) is 0 Å². The molecule has 0 unspecified atom stereocenters. The Balaban J connectivity index is 1.62. The molecule has 0 aliphatic carbocycles. The summed E-state index contributed by atoms with van der Waals surface area (Å²) in [6.07, 6.45) is 1.37. The van der Waals surface area contributed by atoms with Crippen molar-refractivity contribution in [3.8, 4) is 5.75 Å². The molecule has 2 heterocycles. The Morgan fingerprint density at radius 2 is 2.07 bits per heavy atom. The number of thiophene rings is 1. The van der Waals surface area contributed by atoms with E-state index in [-0.39, 0.29) is 24.4 Å². The van der Waals surface area contributed by atoms with E-state index in [1.807, 2.05) is 38.1 Å². The van der Waals surface area contributed by atoms with Gasteiger partial charge in [0.1, 0.15) is 9.96 Å². The molecule has 1 N–H and O–H groups in total. The molecule has 0 radical (unpaired) electrons. The number of nitrogens with zero attached hydrogens (tertiary/aromatic N) is 1. The first kappa shape index (κ1) is 20.8. The van der Waals surface area contributed by atoms with Gasteiger partial charge in [-0.05, 0) is 55.8 Å². The lowest BCUT2D eigenvalue weighted by Crippen LogP contribution is -2.45. The lowest BCUT2D eigenvalue weighted by molar-refractivity contribution is -0.126. The monoisotopic (exact) mass is 422 g/mol. The first-order valence-electron chi connectivity index (χ1n) is 9.48. The smallest absolute Gasteiger partial charge is 0.252 e. The van der Waals surface area contributed by atoms with E-state index in [1.54, 1.807) is 17.5 Å². The fourth-order valence-electron chi connectivity index (χ4n) is 3.35. The van der Waals surface area contributed by atoms with Crippen LogP contribution in [0.2, 0.25) is 0 Å². The van der Waals surface area contributed by atoms with Crippen LogP contribution in [0.15, 0.2) is 46.0 Å². The molecule has 1 aromatic carbocycles. The molecule has 0 spiro atoms. The van der Waals surface area contributed by atoms with Gasteiger partial charge in [-0.3, -0.25) is 4.79 Å². The minimum atomic E-state index is -3.52. The fourth-order valence-corrected chi connectivity index (χ4v) is 6.01. The Kier molecular flexibility index (Phi) is 6.74. The molecule has 1 aliphatic heterocycles. The zero-order valence-electron chi connectivity index (χ0n) is 16.1. The molecular weight excluding hydrogens is 396 g/mol. The van der Waals surface area contributed by atoms with Crippen LogP contribution in [0.1, 0.15) is 38.3 Å². The summed E-state index contributed by atoms with van der Waals surface area (Å²) in [5.74, 6) is 0.354. The van der Waals surface area contributed by atoms with Crippen molar-refractivity contribution in [2.75, 3.05) is 19.7 Å². The molecular formula is C20H26N2O4S2. The van der Waals surface area contributed by atoms with E-state index in [9.17, 15) is 13.2 Å². The predicted molar refractivity (Wildman–Crippen MR) is 110 cm³/mol. The highest BCUT2D eigenvalue weighted by atomic mass is 32.2. The van der Waals surface area contributed by atoms with Crippen LogP contribution < -0.4 is 10.1 Å².